The van der Waals surface area contributed by atoms with Gasteiger partial charge in [-0.05, 0) is 11.6 Å². The first-order chi connectivity index (χ1) is 6.20. The normalized spacial score (nSPS) is 20.2. The Morgan fingerprint density at radius 2 is 2.23 bits per heavy atom. The van der Waals surface area contributed by atoms with E-state index in [1.807, 2.05) is 24.3 Å². The molecule has 0 aliphatic carbocycles. The van der Waals surface area contributed by atoms with E-state index in [0.717, 1.165) is 11.3 Å². The van der Waals surface area contributed by atoms with E-state index in [9.17, 15) is 9.90 Å². The average Bonchev–Trinajstić information content (AvgIpc) is 2.39. The van der Waals surface area contributed by atoms with Crippen molar-refractivity contribution < 1.29 is 9.90 Å². The van der Waals surface area contributed by atoms with E-state index in [2.05, 4.69) is 0 Å². The predicted octanol–water partition coefficient (Wildman–Crippen LogP) is 0.914. The van der Waals surface area contributed by atoms with Gasteiger partial charge in [-0.15, -0.1) is 0 Å². The third kappa shape index (κ3) is 1.21. The van der Waals surface area contributed by atoms with Crippen LogP contribution in [0.1, 0.15) is 12.5 Å². The van der Waals surface area contributed by atoms with E-state index in [1.54, 1.807) is 0 Å². The van der Waals surface area contributed by atoms with E-state index < -0.39 is 6.23 Å². The second-order valence-corrected chi connectivity index (χ2v) is 3.20. The number of anilines is 1. The molecule has 1 atom stereocenters. The highest BCUT2D eigenvalue weighted by Crippen LogP contribution is 2.30. The number of benzene rings is 1. The maximum atomic E-state index is 11.2. The van der Waals surface area contributed by atoms with Crippen LogP contribution >= 0.6 is 0 Å². The zero-order valence-electron chi connectivity index (χ0n) is 7.40. The lowest BCUT2D eigenvalue weighted by molar-refractivity contribution is -0.118. The topological polar surface area (TPSA) is 40.5 Å². The van der Waals surface area contributed by atoms with Crippen LogP contribution in [0.15, 0.2) is 24.3 Å². The number of aliphatic hydroxyl groups is 1. The van der Waals surface area contributed by atoms with Gasteiger partial charge in [-0.2, -0.15) is 0 Å². The second-order valence-electron chi connectivity index (χ2n) is 3.20. The summed E-state index contributed by atoms with van der Waals surface area (Å²) < 4.78 is 0. The number of nitrogens with zero attached hydrogens (tertiary/aromatic N) is 1. The van der Waals surface area contributed by atoms with Crippen molar-refractivity contribution in [1.82, 2.24) is 0 Å². The third-order valence-electron chi connectivity index (χ3n) is 2.29. The number of carbonyl (C=O) groups excluding carboxylic acids is 1. The lowest BCUT2D eigenvalue weighted by Crippen LogP contribution is -2.35. The molecule has 0 saturated carbocycles. The van der Waals surface area contributed by atoms with E-state index in [4.69, 9.17) is 0 Å². The highest BCUT2D eigenvalue weighted by molar-refractivity contribution is 5.94. The summed E-state index contributed by atoms with van der Waals surface area (Å²) in [6.45, 7) is 1.46. The number of para-hydroxylation sites is 1. The molecule has 0 radical (unpaired) electrons. The standard InChI is InChI=1S/C10H11NO2/c1-7(12)11-9-5-3-2-4-8(9)6-10(11)13/h2-5,10,13H,6H2,1H3. The van der Waals surface area contributed by atoms with Gasteiger partial charge in [-0.25, -0.2) is 0 Å². The number of aliphatic hydroxyl groups excluding tert-OH is 1. The van der Waals surface area contributed by atoms with Crippen LogP contribution in [0.4, 0.5) is 5.69 Å². The van der Waals surface area contributed by atoms with E-state index in [-0.39, 0.29) is 5.91 Å². The molecular formula is C10H11NO2. The van der Waals surface area contributed by atoms with Crippen molar-refractivity contribution in [3.63, 3.8) is 0 Å². The van der Waals surface area contributed by atoms with Crippen molar-refractivity contribution in [2.45, 2.75) is 19.6 Å². The molecular weight excluding hydrogens is 166 g/mol. The maximum absolute atomic E-state index is 11.2. The van der Waals surface area contributed by atoms with Crippen LogP contribution in [-0.2, 0) is 11.2 Å². The summed E-state index contributed by atoms with van der Waals surface area (Å²) in [4.78, 5) is 12.6. The number of amides is 1. The zero-order valence-corrected chi connectivity index (χ0v) is 7.40. The molecule has 0 fully saturated rings. The van der Waals surface area contributed by atoms with Gasteiger partial charge in [0.1, 0.15) is 6.23 Å². The molecule has 0 saturated heterocycles. The Morgan fingerprint density at radius 3 is 2.92 bits per heavy atom. The van der Waals surface area contributed by atoms with Crippen LogP contribution in [-0.4, -0.2) is 17.2 Å². The Kier molecular flexibility index (Phi) is 1.81. The molecule has 68 valence electrons. The van der Waals surface area contributed by atoms with Crippen molar-refractivity contribution in [1.29, 1.82) is 0 Å². The Balaban J connectivity index is 2.46. The van der Waals surface area contributed by atoms with Crippen LogP contribution in [0.3, 0.4) is 0 Å². The summed E-state index contributed by atoms with van der Waals surface area (Å²) in [5.74, 6) is -0.113. The maximum Gasteiger partial charge on any atom is 0.225 e. The van der Waals surface area contributed by atoms with Gasteiger partial charge < -0.3 is 5.11 Å². The van der Waals surface area contributed by atoms with Gasteiger partial charge >= 0.3 is 0 Å². The fourth-order valence-electron chi connectivity index (χ4n) is 1.75. The second kappa shape index (κ2) is 2.85. The van der Waals surface area contributed by atoms with Gasteiger partial charge in [0.25, 0.3) is 0 Å². The Labute approximate surface area is 76.6 Å². The predicted molar refractivity (Wildman–Crippen MR) is 49.3 cm³/mol. The lowest BCUT2D eigenvalue weighted by Gasteiger charge is -2.19. The number of hydrogen-bond donors (Lipinski definition) is 1. The molecule has 1 amide bonds. The van der Waals surface area contributed by atoms with E-state index in [0.29, 0.717) is 6.42 Å². The molecule has 1 heterocycles. The Hall–Kier alpha value is -1.35. The third-order valence-corrected chi connectivity index (χ3v) is 2.29. The summed E-state index contributed by atoms with van der Waals surface area (Å²) in [6.07, 6.45) is -0.148. The van der Waals surface area contributed by atoms with Crippen molar-refractivity contribution in [2.24, 2.45) is 0 Å². The largest absolute Gasteiger partial charge is 0.373 e. The lowest BCUT2D eigenvalue weighted by atomic mass is 10.2. The van der Waals surface area contributed by atoms with E-state index >= 15 is 0 Å². The molecule has 3 nitrogen and oxygen atoms in total. The monoisotopic (exact) mass is 177 g/mol. The average molecular weight is 177 g/mol. The van der Waals surface area contributed by atoms with Gasteiger partial charge in [-0.3, -0.25) is 9.69 Å². The van der Waals surface area contributed by atoms with Gasteiger partial charge in [-0.1, -0.05) is 18.2 Å². The van der Waals surface area contributed by atoms with Crippen molar-refractivity contribution in [3.8, 4) is 0 Å². The molecule has 0 aromatic heterocycles. The van der Waals surface area contributed by atoms with Crippen molar-refractivity contribution >= 4 is 11.6 Å². The van der Waals surface area contributed by atoms with Crippen LogP contribution < -0.4 is 4.90 Å². The fourth-order valence-corrected chi connectivity index (χ4v) is 1.75. The minimum absolute atomic E-state index is 0.113. The zero-order chi connectivity index (χ0) is 9.42. The fraction of sp³-hybridized carbons (Fsp3) is 0.300. The molecule has 1 unspecified atom stereocenters. The molecule has 0 spiro atoms. The first-order valence-electron chi connectivity index (χ1n) is 4.26. The number of fused-ring (bicyclic) bond motifs is 1. The van der Waals surface area contributed by atoms with Crippen molar-refractivity contribution in [2.75, 3.05) is 4.90 Å². The highest BCUT2D eigenvalue weighted by Gasteiger charge is 2.29. The number of rotatable bonds is 0. The van der Waals surface area contributed by atoms with E-state index in [1.165, 1.54) is 11.8 Å². The molecule has 2 rings (SSSR count). The summed E-state index contributed by atoms with van der Waals surface area (Å²) in [7, 11) is 0. The quantitative estimate of drug-likeness (QED) is 0.640. The molecule has 1 aliphatic rings. The van der Waals surface area contributed by atoms with Crippen LogP contribution in [0, 0.1) is 0 Å². The molecule has 1 aromatic carbocycles. The molecule has 0 bridgehead atoms. The number of carbonyl (C=O) groups is 1. The highest BCUT2D eigenvalue weighted by atomic mass is 16.3. The SMILES string of the molecule is CC(=O)N1c2ccccc2CC1O. The van der Waals surface area contributed by atoms with Gasteiger partial charge in [0.05, 0.1) is 0 Å². The van der Waals surface area contributed by atoms with Gasteiger partial charge in [0.15, 0.2) is 0 Å². The summed E-state index contributed by atoms with van der Waals surface area (Å²) in [5.41, 5.74) is 1.87. The molecule has 3 heteroatoms. The smallest absolute Gasteiger partial charge is 0.225 e. The minimum atomic E-state index is -0.685. The minimum Gasteiger partial charge on any atom is -0.373 e. The molecule has 1 aliphatic heterocycles. The number of hydrogen-bond acceptors (Lipinski definition) is 2. The Bertz CT molecular complexity index is 349. The molecule has 1 aromatic rings. The van der Waals surface area contributed by atoms with Crippen LogP contribution in [0.2, 0.25) is 0 Å². The Morgan fingerprint density at radius 1 is 1.54 bits per heavy atom. The van der Waals surface area contributed by atoms with Crippen LogP contribution in [0.5, 0.6) is 0 Å². The summed E-state index contributed by atoms with van der Waals surface area (Å²) in [6, 6.07) is 7.57. The summed E-state index contributed by atoms with van der Waals surface area (Å²) in [5, 5.41) is 9.59. The summed E-state index contributed by atoms with van der Waals surface area (Å²) >= 11 is 0. The first-order valence-corrected chi connectivity index (χ1v) is 4.26. The van der Waals surface area contributed by atoms with Gasteiger partial charge in [0.2, 0.25) is 5.91 Å². The van der Waals surface area contributed by atoms with Gasteiger partial charge in [0, 0.05) is 19.0 Å². The van der Waals surface area contributed by atoms with Crippen LogP contribution in [0.25, 0.3) is 0 Å². The molecule has 13 heavy (non-hydrogen) atoms. The van der Waals surface area contributed by atoms with Crippen molar-refractivity contribution in [3.05, 3.63) is 29.8 Å². The molecule has 1 N–H and O–H groups in total. The first kappa shape index (κ1) is 8.26.